The van der Waals surface area contributed by atoms with Crippen LogP contribution in [0.15, 0.2) is 108 Å². The molecule has 12 heteroatoms. The molecule has 0 aliphatic carbocycles. The Morgan fingerprint density at radius 1 is 0.870 bits per heavy atom. The fourth-order valence-electron chi connectivity index (χ4n) is 4.89. The molecule has 2 amide bonds. The van der Waals surface area contributed by atoms with Crippen molar-refractivity contribution in [2.24, 2.45) is 0 Å². The van der Waals surface area contributed by atoms with Crippen LogP contribution in [0.4, 0.5) is 18.9 Å². The fourth-order valence-corrected chi connectivity index (χ4v) is 6.30. The van der Waals surface area contributed by atoms with Crippen molar-refractivity contribution in [2.75, 3.05) is 25.0 Å². The van der Waals surface area contributed by atoms with Gasteiger partial charge in [0.2, 0.25) is 11.8 Å². The van der Waals surface area contributed by atoms with Crippen LogP contribution in [0.2, 0.25) is 0 Å². The first-order valence-corrected chi connectivity index (χ1v) is 15.7. The highest BCUT2D eigenvalue weighted by Crippen LogP contribution is 2.33. The summed E-state index contributed by atoms with van der Waals surface area (Å²) in [6.07, 6.45) is -4.68. The summed E-state index contributed by atoms with van der Waals surface area (Å²) in [4.78, 5) is 28.7. The average molecular weight is 654 g/mol. The van der Waals surface area contributed by atoms with Crippen LogP contribution in [-0.4, -0.2) is 51.9 Å². The van der Waals surface area contributed by atoms with Crippen LogP contribution in [0, 0.1) is 6.92 Å². The zero-order chi connectivity index (χ0) is 33.5. The van der Waals surface area contributed by atoms with E-state index in [-0.39, 0.29) is 23.5 Å². The quantitative estimate of drug-likeness (QED) is 0.215. The number of benzene rings is 4. The van der Waals surface area contributed by atoms with Gasteiger partial charge in [-0.15, -0.1) is 0 Å². The van der Waals surface area contributed by atoms with E-state index >= 15 is 0 Å². The Balaban J connectivity index is 1.84. The zero-order valence-electron chi connectivity index (χ0n) is 25.5. The highest BCUT2D eigenvalue weighted by molar-refractivity contribution is 7.92. The normalized spacial score (nSPS) is 12.2. The topological polar surface area (TPSA) is 96.0 Å². The molecule has 0 saturated carbocycles. The number of carbonyl (C=O) groups is 2. The van der Waals surface area contributed by atoms with Crippen molar-refractivity contribution in [3.05, 3.63) is 125 Å². The number of nitrogens with one attached hydrogen (secondary N) is 1. The lowest BCUT2D eigenvalue weighted by atomic mass is 10.0. The van der Waals surface area contributed by atoms with Gasteiger partial charge in [-0.1, -0.05) is 66.2 Å². The molecule has 4 rings (SSSR count). The minimum atomic E-state index is -4.77. The maximum Gasteiger partial charge on any atom is 0.416 e. The van der Waals surface area contributed by atoms with E-state index in [2.05, 4.69) is 5.32 Å². The number of anilines is 1. The first kappa shape index (κ1) is 34.0. The molecule has 4 aromatic rings. The second kappa shape index (κ2) is 14.5. The van der Waals surface area contributed by atoms with E-state index in [1.54, 1.807) is 73.7 Å². The van der Waals surface area contributed by atoms with Crippen molar-refractivity contribution >= 4 is 27.5 Å². The Kier molecular flexibility index (Phi) is 10.7. The van der Waals surface area contributed by atoms with Crippen LogP contribution in [0.5, 0.6) is 5.75 Å². The second-order valence-electron chi connectivity index (χ2n) is 10.6. The molecular weight excluding hydrogens is 619 g/mol. The number of hydrogen-bond donors (Lipinski definition) is 1. The van der Waals surface area contributed by atoms with Gasteiger partial charge >= 0.3 is 6.18 Å². The molecule has 0 radical (unpaired) electrons. The lowest BCUT2D eigenvalue weighted by Gasteiger charge is -2.33. The number of carbonyl (C=O) groups excluding carboxylic acids is 2. The first-order chi connectivity index (χ1) is 21.8. The smallest absolute Gasteiger partial charge is 0.416 e. The number of amides is 2. The SMILES string of the molecule is CNC(=O)[C@@H](Cc1ccccc1)N(Cc1cccc(OC)c1)C(=O)CN(c1cccc(C(F)(F)F)c1)S(=O)(=O)c1ccc(C)cc1. The number of alkyl halides is 3. The summed E-state index contributed by atoms with van der Waals surface area (Å²) < 4.78 is 75.2. The third-order valence-corrected chi connectivity index (χ3v) is 9.14. The maximum atomic E-state index is 14.3. The predicted octanol–water partition coefficient (Wildman–Crippen LogP) is 5.60. The Morgan fingerprint density at radius 3 is 2.15 bits per heavy atom. The molecule has 0 aliphatic rings. The van der Waals surface area contributed by atoms with Crippen LogP contribution in [0.25, 0.3) is 0 Å². The maximum absolute atomic E-state index is 14.3. The summed E-state index contributed by atoms with van der Waals surface area (Å²) >= 11 is 0. The molecule has 46 heavy (non-hydrogen) atoms. The van der Waals surface area contributed by atoms with E-state index in [1.165, 1.54) is 37.3 Å². The van der Waals surface area contributed by atoms with E-state index in [4.69, 9.17) is 4.74 Å². The average Bonchev–Trinajstić information content (AvgIpc) is 3.05. The molecule has 0 saturated heterocycles. The Morgan fingerprint density at radius 2 is 1.52 bits per heavy atom. The molecule has 0 aliphatic heterocycles. The highest BCUT2D eigenvalue weighted by Gasteiger charge is 2.36. The number of hydrogen-bond acceptors (Lipinski definition) is 5. The summed E-state index contributed by atoms with van der Waals surface area (Å²) in [6, 6.07) is 24.2. The zero-order valence-corrected chi connectivity index (χ0v) is 26.3. The lowest BCUT2D eigenvalue weighted by molar-refractivity contribution is -0.139. The van der Waals surface area contributed by atoms with Gasteiger partial charge in [0.05, 0.1) is 23.3 Å². The van der Waals surface area contributed by atoms with Crippen molar-refractivity contribution < 1.29 is 35.9 Å². The van der Waals surface area contributed by atoms with Gasteiger partial charge in [-0.05, 0) is 60.5 Å². The summed E-state index contributed by atoms with van der Waals surface area (Å²) in [6.45, 7) is 0.748. The van der Waals surface area contributed by atoms with Gasteiger partial charge in [0, 0.05) is 20.0 Å². The Hall–Kier alpha value is -4.84. The van der Waals surface area contributed by atoms with Gasteiger partial charge in [-0.2, -0.15) is 13.2 Å². The van der Waals surface area contributed by atoms with E-state index in [0.717, 1.165) is 23.3 Å². The number of halogens is 3. The van der Waals surface area contributed by atoms with Gasteiger partial charge in [-0.3, -0.25) is 13.9 Å². The number of likely N-dealkylation sites (N-methyl/N-ethyl adjacent to an activating group) is 1. The molecule has 8 nitrogen and oxygen atoms in total. The molecule has 4 aromatic carbocycles. The van der Waals surface area contributed by atoms with Crippen molar-refractivity contribution in [1.29, 1.82) is 0 Å². The molecule has 0 unspecified atom stereocenters. The third kappa shape index (κ3) is 8.25. The molecule has 1 N–H and O–H groups in total. The monoisotopic (exact) mass is 653 g/mol. The van der Waals surface area contributed by atoms with Gasteiger partial charge in [0.25, 0.3) is 10.0 Å². The molecular formula is C34H34F3N3O5S. The van der Waals surface area contributed by atoms with Crippen LogP contribution in [0.3, 0.4) is 0 Å². The number of aryl methyl sites for hydroxylation is 1. The Labute approximate surface area is 266 Å². The largest absolute Gasteiger partial charge is 0.497 e. The van der Waals surface area contributed by atoms with Crippen LogP contribution < -0.4 is 14.4 Å². The van der Waals surface area contributed by atoms with Crippen LogP contribution in [-0.2, 0) is 38.8 Å². The summed E-state index contributed by atoms with van der Waals surface area (Å²) in [5, 5.41) is 2.59. The van der Waals surface area contributed by atoms with Gasteiger partial charge in [-0.25, -0.2) is 8.42 Å². The molecule has 242 valence electrons. The molecule has 0 fully saturated rings. The molecule has 0 aromatic heterocycles. The third-order valence-electron chi connectivity index (χ3n) is 7.35. The lowest BCUT2D eigenvalue weighted by Crippen LogP contribution is -2.53. The fraction of sp³-hybridized carbons (Fsp3) is 0.235. The number of methoxy groups -OCH3 is 1. The van der Waals surface area contributed by atoms with Crippen molar-refractivity contribution in [2.45, 2.75) is 37.0 Å². The van der Waals surface area contributed by atoms with Gasteiger partial charge < -0.3 is 15.0 Å². The summed E-state index contributed by atoms with van der Waals surface area (Å²) in [7, 11) is -1.66. The van der Waals surface area contributed by atoms with E-state index in [0.29, 0.717) is 21.7 Å². The van der Waals surface area contributed by atoms with Crippen molar-refractivity contribution in [1.82, 2.24) is 10.2 Å². The number of rotatable bonds is 12. The van der Waals surface area contributed by atoms with Gasteiger partial charge in [0.15, 0.2) is 0 Å². The van der Waals surface area contributed by atoms with Gasteiger partial charge in [0.1, 0.15) is 18.3 Å². The summed E-state index contributed by atoms with van der Waals surface area (Å²) in [5.41, 5.74) is 0.648. The van der Waals surface area contributed by atoms with Crippen LogP contribution >= 0.6 is 0 Å². The number of ether oxygens (including phenoxy) is 1. The number of sulfonamides is 1. The Bertz CT molecular complexity index is 1770. The van der Waals surface area contributed by atoms with Crippen molar-refractivity contribution in [3.8, 4) is 5.75 Å². The first-order valence-electron chi connectivity index (χ1n) is 14.3. The standard InChI is InChI=1S/C34H34F3N3O5S/c1-24-15-17-30(18-16-24)46(43,44)40(28-13-8-12-27(21-28)34(35,36)37)23-32(41)39(22-26-11-7-14-29(19-26)45-3)31(33(42)38-2)20-25-9-5-4-6-10-25/h4-19,21,31H,20,22-23H2,1-3H3,(H,38,42)/t31-/m1/s1. The van der Waals surface area contributed by atoms with Crippen LogP contribution in [0.1, 0.15) is 22.3 Å². The minimum Gasteiger partial charge on any atom is -0.497 e. The molecule has 0 heterocycles. The molecule has 1 atom stereocenters. The van der Waals surface area contributed by atoms with E-state index in [1.807, 2.05) is 0 Å². The molecule has 0 bridgehead atoms. The highest BCUT2D eigenvalue weighted by atomic mass is 32.2. The van der Waals surface area contributed by atoms with Crippen molar-refractivity contribution in [3.63, 3.8) is 0 Å². The number of nitrogens with zero attached hydrogens (tertiary/aromatic N) is 2. The minimum absolute atomic E-state index is 0.0878. The summed E-state index contributed by atoms with van der Waals surface area (Å²) in [5.74, 6) is -0.815. The second-order valence-corrected chi connectivity index (χ2v) is 12.4. The van der Waals surface area contributed by atoms with E-state index in [9.17, 15) is 31.2 Å². The predicted molar refractivity (Wildman–Crippen MR) is 169 cm³/mol. The molecule has 0 spiro atoms. The van der Waals surface area contributed by atoms with E-state index < -0.39 is 46.2 Å².